The zero-order valence-electron chi connectivity index (χ0n) is 11.3. The van der Waals surface area contributed by atoms with Gasteiger partial charge in [0.25, 0.3) is 0 Å². The van der Waals surface area contributed by atoms with Crippen LogP contribution in [0.25, 0.3) is 0 Å². The quantitative estimate of drug-likeness (QED) is 0.896. The summed E-state index contributed by atoms with van der Waals surface area (Å²) in [4.78, 5) is 15.3. The van der Waals surface area contributed by atoms with Crippen molar-refractivity contribution in [3.8, 4) is 0 Å². The normalized spacial score (nSPS) is 20.9. The summed E-state index contributed by atoms with van der Waals surface area (Å²) in [6.07, 6.45) is 4.85. The predicted molar refractivity (Wildman–Crippen MR) is 74.5 cm³/mol. The fraction of sp³-hybridized carbons (Fsp3) is 0.333. The molecule has 104 valence electrons. The Kier molecular flexibility index (Phi) is 3.28. The highest BCUT2D eigenvalue weighted by Gasteiger charge is 2.28. The number of aromatic carboxylic acids is 1. The second-order valence-electron chi connectivity index (χ2n) is 5.22. The topological polar surface area (TPSA) is 67.2 Å². The van der Waals surface area contributed by atoms with Crippen molar-refractivity contribution in [2.24, 2.45) is 0 Å². The number of hydrogen-bond donors (Lipinski definition) is 2. The molecule has 2 N–H and O–H groups in total. The van der Waals surface area contributed by atoms with Crippen LogP contribution in [0, 0.1) is 0 Å². The maximum Gasteiger partial charge on any atom is 0.335 e. The third-order valence-corrected chi connectivity index (χ3v) is 3.79. The molecule has 5 heteroatoms. The Hall–Kier alpha value is -2.14. The predicted octanol–water partition coefficient (Wildman–Crippen LogP) is 2.38. The smallest absolute Gasteiger partial charge is 0.335 e. The van der Waals surface area contributed by atoms with E-state index in [9.17, 15) is 4.79 Å². The number of carbonyl (C=O) groups is 1. The largest absolute Gasteiger partial charge is 0.478 e. The first kappa shape index (κ1) is 12.9. The minimum absolute atomic E-state index is 0.230. The summed E-state index contributed by atoms with van der Waals surface area (Å²) in [7, 11) is 0. The SMILES string of the molecule is CC1CC(NCc2cccc(C(=O)O)c2)c2nccn21. The molecule has 0 spiro atoms. The highest BCUT2D eigenvalue weighted by atomic mass is 16.4. The highest BCUT2D eigenvalue weighted by molar-refractivity contribution is 5.87. The van der Waals surface area contributed by atoms with E-state index in [1.54, 1.807) is 18.2 Å². The summed E-state index contributed by atoms with van der Waals surface area (Å²) in [5.41, 5.74) is 1.30. The summed E-state index contributed by atoms with van der Waals surface area (Å²) in [5, 5.41) is 12.5. The number of nitrogens with zero attached hydrogens (tertiary/aromatic N) is 2. The standard InChI is InChI=1S/C15H17N3O2/c1-10-7-13(14-16-5-6-18(10)14)17-9-11-3-2-4-12(8-11)15(19)20/h2-6,8,10,13,17H,7,9H2,1H3,(H,19,20). The lowest BCUT2D eigenvalue weighted by molar-refractivity contribution is 0.0696. The van der Waals surface area contributed by atoms with Crippen LogP contribution in [0.15, 0.2) is 36.7 Å². The molecule has 2 unspecified atom stereocenters. The van der Waals surface area contributed by atoms with Crippen LogP contribution in [0.1, 0.15) is 47.2 Å². The molecule has 1 aromatic carbocycles. The van der Waals surface area contributed by atoms with Crippen molar-refractivity contribution >= 4 is 5.97 Å². The molecular formula is C15H17N3O2. The number of rotatable bonds is 4. The van der Waals surface area contributed by atoms with E-state index in [1.165, 1.54) is 0 Å². The zero-order valence-corrected chi connectivity index (χ0v) is 11.3. The van der Waals surface area contributed by atoms with Gasteiger partial charge in [0.1, 0.15) is 5.82 Å². The Morgan fingerprint density at radius 1 is 1.55 bits per heavy atom. The van der Waals surface area contributed by atoms with E-state index in [-0.39, 0.29) is 6.04 Å². The van der Waals surface area contributed by atoms with Gasteiger partial charge in [0.15, 0.2) is 0 Å². The number of aromatic nitrogens is 2. The number of fused-ring (bicyclic) bond motifs is 1. The second kappa shape index (κ2) is 5.09. The van der Waals surface area contributed by atoms with E-state index in [2.05, 4.69) is 21.8 Å². The van der Waals surface area contributed by atoms with E-state index in [1.807, 2.05) is 18.5 Å². The van der Waals surface area contributed by atoms with Crippen LogP contribution in [-0.4, -0.2) is 20.6 Å². The lowest BCUT2D eigenvalue weighted by Crippen LogP contribution is -2.19. The second-order valence-corrected chi connectivity index (χ2v) is 5.22. The van der Waals surface area contributed by atoms with Crippen LogP contribution in [-0.2, 0) is 6.54 Å². The first-order chi connectivity index (χ1) is 9.65. The van der Waals surface area contributed by atoms with Gasteiger partial charge >= 0.3 is 5.97 Å². The molecule has 0 bridgehead atoms. The van der Waals surface area contributed by atoms with Crippen molar-refractivity contribution in [2.75, 3.05) is 0 Å². The summed E-state index contributed by atoms with van der Waals surface area (Å²) in [6.45, 7) is 2.82. The van der Waals surface area contributed by atoms with Gasteiger partial charge in [-0.15, -0.1) is 0 Å². The first-order valence-corrected chi connectivity index (χ1v) is 6.73. The molecule has 2 atom stereocenters. The van der Waals surface area contributed by atoms with Gasteiger partial charge in [-0.25, -0.2) is 9.78 Å². The molecule has 0 radical (unpaired) electrons. The fourth-order valence-electron chi connectivity index (χ4n) is 2.76. The van der Waals surface area contributed by atoms with E-state index in [0.29, 0.717) is 18.2 Å². The van der Waals surface area contributed by atoms with Gasteiger partial charge in [0, 0.05) is 25.0 Å². The third kappa shape index (κ3) is 2.32. The lowest BCUT2D eigenvalue weighted by Gasteiger charge is -2.12. The Morgan fingerprint density at radius 3 is 3.20 bits per heavy atom. The van der Waals surface area contributed by atoms with E-state index in [0.717, 1.165) is 17.8 Å². The molecule has 3 rings (SSSR count). The molecule has 0 amide bonds. The van der Waals surface area contributed by atoms with Crippen molar-refractivity contribution in [2.45, 2.75) is 32.0 Å². The van der Waals surface area contributed by atoms with Gasteiger partial charge in [-0.05, 0) is 31.0 Å². The van der Waals surface area contributed by atoms with Crippen LogP contribution in [0.2, 0.25) is 0 Å². The number of imidazole rings is 1. The number of benzene rings is 1. The Labute approximate surface area is 117 Å². The summed E-state index contributed by atoms with van der Waals surface area (Å²) >= 11 is 0. The molecule has 5 nitrogen and oxygen atoms in total. The molecule has 0 fully saturated rings. The van der Waals surface area contributed by atoms with Gasteiger partial charge < -0.3 is 15.0 Å². The van der Waals surface area contributed by atoms with Gasteiger partial charge in [0.05, 0.1) is 11.6 Å². The molecule has 1 aliphatic heterocycles. The molecular weight excluding hydrogens is 254 g/mol. The Bertz CT molecular complexity index is 636. The van der Waals surface area contributed by atoms with E-state index < -0.39 is 5.97 Å². The van der Waals surface area contributed by atoms with Gasteiger partial charge in [-0.2, -0.15) is 0 Å². The Morgan fingerprint density at radius 2 is 2.40 bits per heavy atom. The van der Waals surface area contributed by atoms with Crippen molar-refractivity contribution in [1.29, 1.82) is 0 Å². The van der Waals surface area contributed by atoms with Crippen molar-refractivity contribution in [3.63, 3.8) is 0 Å². The van der Waals surface area contributed by atoms with Crippen LogP contribution >= 0.6 is 0 Å². The zero-order chi connectivity index (χ0) is 14.1. The minimum atomic E-state index is -0.892. The number of carboxylic acids is 1. The van der Waals surface area contributed by atoms with Crippen molar-refractivity contribution in [3.05, 3.63) is 53.6 Å². The van der Waals surface area contributed by atoms with Crippen LogP contribution in [0.4, 0.5) is 0 Å². The molecule has 20 heavy (non-hydrogen) atoms. The van der Waals surface area contributed by atoms with Gasteiger partial charge in [-0.1, -0.05) is 12.1 Å². The third-order valence-electron chi connectivity index (χ3n) is 3.79. The summed E-state index contributed by atoms with van der Waals surface area (Å²) < 4.78 is 2.19. The average molecular weight is 271 g/mol. The lowest BCUT2D eigenvalue weighted by atomic mass is 10.1. The number of nitrogens with one attached hydrogen (secondary N) is 1. The highest BCUT2D eigenvalue weighted by Crippen LogP contribution is 2.32. The molecule has 2 aromatic rings. The van der Waals surface area contributed by atoms with Crippen LogP contribution < -0.4 is 5.32 Å². The van der Waals surface area contributed by atoms with Crippen LogP contribution in [0.5, 0.6) is 0 Å². The molecule has 1 aromatic heterocycles. The maximum atomic E-state index is 11.0. The van der Waals surface area contributed by atoms with Crippen molar-refractivity contribution < 1.29 is 9.90 Å². The van der Waals surface area contributed by atoms with Crippen molar-refractivity contribution in [1.82, 2.24) is 14.9 Å². The Balaban J connectivity index is 1.69. The van der Waals surface area contributed by atoms with Gasteiger partial charge in [0.2, 0.25) is 0 Å². The van der Waals surface area contributed by atoms with Crippen LogP contribution in [0.3, 0.4) is 0 Å². The maximum absolute atomic E-state index is 11.0. The van der Waals surface area contributed by atoms with E-state index in [4.69, 9.17) is 5.11 Å². The summed E-state index contributed by atoms with van der Waals surface area (Å²) in [6, 6.07) is 7.71. The van der Waals surface area contributed by atoms with E-state index >= 15 is 0 Å². The minimum Gasteiger partial charge on any atom is -0.478 e. The molecule has 0 saturated heterocycles. The first-order valence-electron chi connectivity index (χ1n) is 6.73. The average Bonchev–Trinajstić information content (AvgIpc) is 3.02. The fourth-order valence-corrected chi connectivity index (χ4v) is 2.76. The molecule has 0 aliphatic carbocycles. The number of hydrogen-bond acceptors (Lipinski definition) is 3. The monoisotopic (exact) mass is 271 g/mol. The molecule has 2 heterocycles. The molecule has 0 saturated carbocycles. The summed E-state index contributed by atoms with van der Waals surface area (Å²) in [5.74, 6) is 0.170. The number of carboxylic acid groups (broad SMARTS) is 1. The molecule has 1 aliphatic rings. The van der Waals surface area contributed by atoms with Gasteiger partial charge in [-0.3, -0.25) is 0 Å².